The Kier molecular flexibility index (Phi) is 7.34. The molecule has 2 N–H and O–H groups in total. The Bertz CT molecular complexity index is 943. The van der Waals surface area contributed by atoms with Gasteiger partial charge in [-0.1, -0.05) is 53.5 Å². The predicted octanol–water partition coefficient (Wildman–Crippen LogP) is 2.39. The molecule has 156 valence electrons. The summed E-state index contributed by atoms with van der Waals surface area (Å²) in [5.41, 5.74) is 0.833. The first kappa shape index (κ1) is 21.8. The maximum Gasteiger partial charge on any atom is 0.242 e. The zero-order valence-corrected chi connectivity index (χ0v) is 18.0. The minimum absolute atomic E-state index is 0.0614. The molecule has 1 atom stereocenters. The van der Waals surface area contributed by atoms with Crippen LogP contribution in [0.5, 0.6) is 0 Å². The minimum Gasteiger partial charge on any atom is -0.367 e. The zero-order valence-electron chi connectivity index (χ0n) is 15.6. The van der Waals surface area contributed by atoms with Crippen LogP contribution in [0.2, 0.25) is 10.0 Å². The van der Waals surface area contributed by atoms with Gasteiger partial charge in [0.1, 0.15) is 11.9 Å². The van der Waals surface area contributed by atoms with Gasteiger partial charge in [0, 0.05) is 32.4 Å². The fraction of sp³-hybridized carbons (Fsp3) is 0.368. The second-order valence-electron chi connectivity index (χ2n) is 6.70. The average molecular weight is 457 g/mol. The van der Waals surface area contributed by atoms with Gasteiger partial charge in [-0.05, 0) is 11.6 Å². The highest BCUT2D eigenvalue weighted by molar-refractivity contribution is 7.91. The molecule has 0 radical (unpaired) electrons. The number of pyridine rings is 1. The van der Waals surface area contributed by atoms with E-state index >= 15 is 0 Å². The van der Waals surface area contributed by atoms with Crippen molar-refractivity contribution in [2.45, 2.75) is 6.04 Å². The van der Waals surface area contributed by atoms with Crippen LogP contribution >= 0.6 is 23.2 Å². The fourth-order valence-electron chi connectivity index (χ4n) is 3.16. The van der Waals surface area contributed by atoms with E-state index in [2.05, 4.69) is 15.6 Å². The molecule has 1 aliphatic rings. The van der Waals surface area contributed by atoms with Gasteiger partial charge in [0.05, 0.1) is 21.6 Å². The number of carbonyl (C=O) groups excluding carboxylic acids is 1. The lowest BCUT2D eigenvalue weighted by molar-refractivity contribution is -0.126. The van der Waals surface area contributed by atoms with Crippen LogP contribution in [0.1, 0.15) is 11.6 Å². The molecule has 2 heterocycles. The minimum atomic E-state index is -3.03. The van der Waals surface area contributed by atoms with Gasteiger partial charge < -0.3 is 10.6 Å². The molecule has 0 saturated carbocycles. The molecule has 0 bridgehead atoms. The smallest absolute Gasteiger partial charge is 0.242 e. The number of aromatic nitrogens is 1. The van der Waals surface area contributed by atoms with Gasteiger partial charge in [0.2, 0.25) is 5.91 Å². The van der Waals surface area contributed by atoms with E-state index in [-0.39, 0.29) is 17.4 Å². The van der Waals surface area contributed by atoms with E-state index in [9.17, 15) is 13.2 Å². The third-order valence-corrected chi connectivity index (χ3v) is 6.74. The van der Waals surface area contributed by atoms with Gasteiger partial charge in [-0.15, -0.1) is 0 Å². The molecule has 0 spiro atoms. The number of hydrogen-bond donors (Lipinski definition) is 2. The van der Waals surface area contributed by atoms with Crippen molar-refractivity contribution in [3.8, 4) is 0 Å². The summed E-state index contributed by atoms with van der Waals surface area (Å²) in [6.45, 7) is 1.45. The molecule has 1 unspecified atom stereocenters. The van der Waals surface area contributed by atoms with Gasteiger partial charge in [0.25, 0.3) is 0 Å². The van der Waals surface area contributed by atoms with E-state index in [1.165, 1.54) is 6.20 Å². The first-order valence-corrected chi connectivity index (χ1v) is 11.8. The molecule has 1 aromatic carbocycles. The van der Waals surface area contributed by atoms with Crippen LogP contribution in [-0.4, -0.2) is 61.9 Å². The summed E-state index contributed by atoms with van der Waals surface area (Å²) in [4.78, 5) is 19.0. The Balaban J connectivity index is 1.61. The van der Waals surface area contributed by atoms with Crippen molar-refractivity contribution in [2.75, 3.05) is 43.0 Å². The summed E-state index contributed by atoms with van der Waals surface area (Å²) in [7, 11) is -3.03. The molecule has 1 saturated heterocycles. The Morgan fingerprint density at radius 1 is 1.14 bits per heavy atom. The van der Waals surface area contributed by atoms with Crippen LogP contribution in [0, 0.1) is 0 Å². The maximum absolute atomic E-state index is 12.9. The number of hydrogen-bond acceptors (Lipinski definition) is 6. The predicted molar refractivity (Wildman–Crippen MR) is 115 cm³/mol. The number of nitrogens with one attached hydrogen (secondary N) is 2. The van der Waals surface area contributed by atoms with Crippen molar-refractivity contribution in [3.63, 3.8) is 0 Å². The number of anilines is 1. The quantitative estimate of drug-likeness (QED) is 0.621. The molecule has 1 aromatic heterocycles. The monoisotopic (exact) mass is 456 g/mol. The molecule has 1 fully saturated rings. The van der Waals surface area contributed by atoms with Crippen molar-refractivity contribution in [3.05, 3.63) is 58.2 Å². The molecular weight excluding hydrogens is 435 g/mol. The molecular formula is C19H22Cl2N4O3S. The summed E-state index contributed by atoms with van der Waals surface area (Å²) >= 11 is 11.9. The van der Waals surface area contributed by atoms with Crippen molar-refractivity contribution in [2.24, 2.45) is 0 Å². The fourth-order valence-corrected chi connectivity index (χ4v) is 4.83. The van der Waals surface area contributed by atoms with Gasteiger partial charge >= 0.3 is 0 Å². The Morgan fingerprint density at radius 2 is 1.83 bits per heavy atom. The van der Waals surface area contributed by atoms with E-state index in [0.717, 1.165) is 5.56 Å². The third kappa shape index (κ3) is 6.05. The maximum atomic E-state index is 12.9. The molecule has 3 rings (SSSR count). The number of carbonyl (C=O) groups is 1. The first-order valence-electron chi connectivity index (χ1n) is 9.18. The molecule has 1 amide bonds. The van der Waals surface area contributed by atoms with Crippen LogP contribution < -0.4 is 10.6 Å². The summed E-state index contributed by atoms with van der Waals surface area (Å²) < 4.78 is 23.5. The largest absolute Gasteiger partial charge is 0.367 e. The molecule has 10 heteroatoms. The lowest BCUT2D eigenvalue weighted by atomic mass is 10.0. The molecule has 1 aliphatic heterocycles. The first-order chi connectivity index (χ1) is 13.9. The lowest BCUT2D eigenvalue weighted by Crippen LogP contribution is -2.48. The number of benzene rings is 1. The third-order valence-electron chi connectivity index (χ3n) is 4.63. The highest BCUT2D eigenvalue weighted by Gasteiger charge is 2.32. The van der Waals surface area contributed by atoms with E-state index in [4.69, 9.17) is 23.2 Å². The van der Waals surface area contributed by atoms with Crippen LogP contribution in [0.25, 0.3) is 0 Å². The van der Waals surface area contributed by atoms with E-state index in [1.54, 1.807) is 6.07 Å². The molecule has 29 heavy (non-hydrogen) atoms. The lowest BCUT2D eigenvalue weighted by Gasteiger charge is -2.33. The van der Waals surface area contributed by atoms with Crippen LogP contribution in [0.3, 0.4) is 0 Å². The number of halogens is 2. The number of nitrogens with zero attached hydrogens (tertiary/aromatic N) is 2. The standard InChI is InChI=1S/C19H22Cl2N4O3S/c20-15-12-16(21)18(24-13-15)22-6-7-23-19(26)17(14-4-2-1-3-5-14)25-8-10-29(27,28)11-9-25/h1-5,12-13,17H,6-11H2,(H,22,24)(H,23,26). The molecule has 0 aliphatic carbocycles. The molecule has 7 nitrogen and oxygen atoms in total. The Morgan fingerprint density at radius 3 is 2.48 bits per heavy atom. The van der Waals surface area contributed by atoms with Gasteiger partial charge in [-0.25, -0.2) is 13.4 Å². The Labute approximate surface area is 180 Å². The van der Waals surface area contributed by atoms with Crippen LogP contribution in [-0.2, 0) is 14.6 Å². The number of sulfone groups is 1. The SMILES string of the molecule is O=C(NCCNc1ncc(Cl)cc1Cl)C(c1ccccc1)N1CCS(=O)(=O)CC1. The van der Waals surface area contributed by atoms with Crippen LogP contribution in [0.4, 0.5) is 5.82 Å². The van der Waals surface area contributed by atoms with E-state index in [0.29, 0.717) is 42.0 Å². The van der Waals surface area contributed by atoms with Crippen molar-refractivity contribution < 1.29 is 13.2 Å². The molecule has 2 aromatic rings. The number of rotatable bonds is 7. The Hall–Kier alpha value is -1.87. The topological polar surface area (TPSA) is 91.4 Å². The van der Waals surface area contributed by atoms with Gasteiger partial charge in [0.15, 0.2) is 9.84 Å². The summed E-state index contributed by atoms with van der Waals surface area (Å²) in [5, 5.41) is 6.82. The highest BCUT2D eigenvalue weighted by atomic mass is 35.5. The van der Waals surface area contributed by atoms with Crippen molar-refractivity contribution in [1.29, 1.82) is 0 Å². The van der Waals surface area contributed by atoms with Crippen LogP contribution in [0.15, 0.2) is 42.6 Å². The van der Waals surface area contributed by atoms with Crippen molar-refractivity contribution in [1.82, 2.24) is 15.2 Å². The second kappa shape index (κ2) is 9.75. The number of amides is 1. The summed E-state index contributed by atoms with van der Waals surface area (Å²) in [6.07, 6.45) is 1.49. The van der Waals surface area contributed by atoms with E-state index < -0.39 is 15.9 Å². The zero-order chi connectivity index (χ0) is 20.9. The summed E-state index contributed by atoms with van der Waals surface area (Å²) in [5.74, 6) is 0.441. The van der Waals surface area contributed by atoms with E-state index in [1.807, 2.05) is 35.2 Å². The van der Waals surface area contributed by atoms with Gasteiger partial charge in [-0.3, -0.25) is 9.69 Å². The highest BCUT2D eigenvalue weighted by Crippen LogP contribution is 2.24. The average Bonchev–Trinajstić information content (AvgIpc) is 2.69. The summed E-state index contributed by atoms with van der Waals surface area (Å²) in [6, 6.07) is 10.4. The second-order valence-corrected chi connectivity index (χ2v) is 9.85. The normalized spacial score (nSPS) is 17.4. The van der Waals surface area contributed by atoms with Crippen molar-refractivity contribution >= 4 is 44.8 Å². The van der Waals surface area contributed by atoms with Gasteiger partial charge in [-0.2, -0.15) is 0 Å².